The Morgan fingerprint density at radius 2 is 1.71 bits per heavy atom. The molecule has 3 heteroatoms. The number of aliphatic hydroxyl groups is 1. The zero-order valence-electron chi connectivity index (χ0n) is 9.73. The zero-order chi connectivity index (χ0) is 11.2. The van der Waals surface area contributed by atoms with Gasteiger partial charge in [0.05, 0.1) is 0 Å². The minimum Gasteiger partial charge on any atom is -0.396 e. The van der Waals surface area contributed by atoms with Gasteiger partial charge in [-0.1, -0.05) is 36.4 Å². The molecule has 0 aliphatic heterocycles. The molecule has 0 heterocycles. The van der Waals surface area contributed by atoms with E-state index in [0.29, 0.717) is 0 Å². The first kappa shape index (κ1) is 13.8. The van der Waals surface area contributed by atoms with Crippen molar-refractivity contribution < 1.29 is 5.11 Å². The summed E-state index contributed by atoms with van der Waals surface area (Å²) in [6, 6.07) is 14.6. The summed E-state index contributed by atoms with van der Waals surface area (Å²) >= 11 is 0. The van der Waals surface area contributed by atoms with Crippen molar-refractivity contribution in [2.75, 3.05) is 18.5 Å². The van der Waals surface area contributed by atoms with E-state index in [9.17, 15) is 0 Å². The van der Waals surface area contributed by atoms with Gasteiger partial charge in [-0.2, -0.15) is 0 Å². The fourth-order valence-corrected chi connectivity index (χ4v) is 1.84. The molecule has 0 bridgehead atoms. The van der Waals surface area contributed by atoms with Crippen LogP contribution in [-0.2, 0) is 0 Å². The molecule has 0 saturated heterocycles. The molecule has 2 nitrogen and oxygen atoms in total. The fraction of sp³-hybridized carbons (Fsp3) is 0.286. The summed E-state index contributed by atoms with van der Waals surface area (Å²) in [6.45, 7) is 1.19. The molecule has 0 fully saturated rings. The van der Waals surface area contributed by atoms with Gasteiger partial charge in [0.15, 0.2) is 0 Å². The highest BCUT2D eigenvalue weighted by Crippen LogP contribution is 2.22. The van der Waals surface area contributed by atoms with Crippen LogP contribution in [0.2, 0.25) is 0 Å². The molecule has 0 unspecified atom stereocenters. The highest BCUT2D eigenvalue weighted by molar-refractivity contribution is 5.93. The quantitative estimate of drug-likeness (QED) is 0.798. The van der Waals surface area contributed by atoms with Crippen LogP contribution in [0.1, 0.15) is 12.8 Å². The lowest BCUT2D eigenvalue weighted by Gasteiger charge is -2.09. The number of anilines is 1. The number of nitrogens with one attached hydrogen (secondary N) is 1. The molecule has 92 valence electrons. The van der Waals surface area contributed by atoms with Crippen LogP contribution in [0.3, 0.4) is 0 Å². The normalized spacial score (nSPS) is 9.94. The standard InChI is InChI=1S/C14H17NO.ClH/c16-11-4-3-10-15-14-9-5-7-12-6-1-2-8-13(12)14;/h1-2,5-9,15-16H,3-4,10-11H2;1H. The van der Waals surface area contributed by atoms with Crippen LogP contribution in [0.4, 0.5) is 5.69 Å². The number of benzene rings is 2. The lowest BCUT2D eigenvalue weighted by atomic mass is 10.1. The lowest BCUT2D eigenvalue weighted by molar-refractivity contribution is 0.286. The van der Waals surface area contributed by atoms with Crippen LogP contribution in [0.25, 0.3) is 10.8 Å². The van der Waals surface area contributed by atoms with Crippen LogP contribution in [-0.4, -0.2) is 18.3 Å². The molecule has 0 spiro atoms. The molecule has 0 amide bonds. The molecule has 17 heavy (non-hydrogen) atoms. The minimum atomic E-state index is 0. The van der Waals surface area contributed by atoms with Gasteiger partial charge in [-0.3, -0.25) is 0 Å². The summed E-state index contributed by atoms with van der Waals surface area (Å²) in [7, 11) is 0. The van der Waals surface area contributed by atoms with Gasteiger partial charge >= 0.3 is 0 Å². The molecular weight excluding hydrogens is 234 g/mol. The van der Waals surface area contributed by atoms with Gasteiger partial charge in [-0.15, -0.1) is 12.4 Å². The number of rotatable bonds is 5. The fourth-order valence-electron chi connectivity index (χ4n) is 1.84. The van der Waals surface area contributed by atoms with Gasteiger partial charge in [0.25, 0.3) is 0 Å². The van der Waals surface area contributed by atoms with Gasteiger partial charge in [-0.25, -0.2) is 0 Å². The van der Waals surface area contributed by atoms with Gasteiger partial charge < -0.3 is 10.4 Å². The second kappa shape index (κ2) is 7.15. The number of unbranched alkanes of at least 4 members (excludes halogenated alkanes) is 1. The van der Waals surface area contributed by atoms with Gasteiger partial charge in [0.2, 0.25) is 0 Å². The molecule has 2 rings (SSSR count). The molecule has 0 saturated carbocycles. The summed E-state index contributed by atoms with van der Waals surface area (Å²) < 4.78 is 0. The summed E-state index contributed by atoms with van der Waals surface area (Å²) in [5.74, 6) is 0. The Morgan fingerprint density at radius 3 is 2.53 bits per heavy atom. The largest absolute Gasteiger partial charge is 0.396 e. The Hall–Kier alpha value is -1.25. The van der Waals surface area contributed by atoms with Crippen LogP contribution in [0.5, 0.6) is 0 Å². The van der Waals surface area contributed by atoms with Crippen LogP contribution >= 0.6 is 12.4 Å². The van der Waals surface area contributed by atoms with E-state index in [4.69, 9.17) is 5.11 Å². The van der Waals surface area contributed by atoms with Crippen molar-refractivity contribution >= 4 is 28.9 Å². The average Bonchev–Trinajstić information content (AvgIpc) is 2.35. The van der Waals surface area contributed by atoms with Gasteiger partial charge in [-0.05, 0) is 24.3 Å². The summed E-state index contributed by atoms with van der Waals surface area (Å²) in [6.07, 6.45) is 1.86. The third-order valence-corrected chi connectivity index (χ3v) is 2.69. The van der Waals surface area contributed by atoms with E-state index in [1.807, 2.05) is 0 Å². The van der Waals surface area contributed by atoms with E-state index >= 15 is 0 Å². The maximum Gasteiger partial charge on any atom is 0.0431 e. The summed E-state index contributed by atoms with van der Waals surface area (Å²) in [4.78, 5) is 0. The Balaban J connectivity index is 0.00000144. The molecule has 2 N–H and O–H groups in total. The van der Waals surface area contributed by atoms with Crippen molar-refractivity contribution in [3.8, 4) is 0 Å². The monoisotopic (exact) mass is 251 g/mol. The maximum absolute atomic E-state index is 8.71. The molecule has 0 radical (unpaired) electrons. The Bertz CT molecular complexity index is 453. The van der Waals surface area contributed by atoms with Crippen molar-refractivity contribution in [1.29, 1.82) is 0 Å². The Kier molecular flexibility index (Phi) is 5.81. The topological polar surface area (TPSA) is 32.3 Å². The molecular formula is C14H18ClNO. The lowest BCUT2D eigenvalue weighted by Crippen LogP contribution is -2.02. The third kappa shape index (κ3) is 3.62. The molecule has 2 aromatic rings. The number of halogens is 1. The first-order chi connectivity index (χ1) is 7.92. The molecule has 2 aromatic carbocycles. The Labute approximate surface area is 108 Å². The highest BCUT2D eigenvalue weighted by atomic mass is 35.5. The number of aliphatic hydroxyl groups excluding tert-OH is 1. The van der Waals surface area contributed by atoms with Crippen molar-refractivity contribution in [3.05, 3.63) is 42.5 Å². The smallest absolute Gasteiger partial charge is 0.0431 e. The van der Waals surface area contributed by atoms with E-state index in [-0.39, 0.29) is 19.0 Å². The number of hydrogen-bond donors (Lipinski definition) is 2. The first-order valence-electron chi connectivity index (χ1n) is 5.74. The molecule has 0 aliphatic carbocycles. The van der Waals surface area contributed by atoms with Gasteiger partial charge in [0.1, 0.15) is 0 Å². The first-order valence-corrected chi connectivity index (χ1v) is 5.74. The van der Waals surface area contributed by atoms with E-state index in [0.717, 1.165) is 19.4 Å². The van der Waals surface area contributed by atoms with Crippen molar-refractivity contribution in [2.45, 2.75) is 12.8 Å². The molecule has 0 atom stereocenters. The molecule has 0 aliphatic rings. The van der Waals surface area contributed by atoms with Crippen molar-refractivity contribution in [2.24, 2.45) is 0 Å². The van der Waals surface area contributed by atoms with Crippen LogP contribution in [0, 0.1) is 0 Å². The predicted octanol–water partition coefficient (Wildman–Crippen LogP) is 3.45. The van der Waals surface area contributed by atoms with E-state index in [1.165, 1.54) is 16.5 Å². The predicted molar refractivity (Wildman–Crippen MR) is 76.0 cm³/mol. The van der Waals surface area contributed by atoms with Crippen molar-refractivity contribution in [3.63, 3.8) is 0 Å². The summed E-state index contributed by atoms with van der Waals surface area (Å²) in [5.41, 5.74) is 1.18. The van der Waals surface area contributed by atoms with Crippen molar-refractivity contribution in [1.82, 2.24) is 0 Å². The van der Waals surface area contributed by atoms with E-state index in [2.05, 4.69) is 47.8 Å². The van der Waals surface area contributed by atoms with Gasteiger partial charge in [0, 0.05) is 24.2 Å². The number of fused-ring (bicyclic) bond motifs is 1. The SMILES string of the molecule is Cl.OCCCCNc1cccc2ccccc12. The number of hydrogen-bond acceptors (Lipinski definition) is 2. The average molecular weight is 252 g/mol. The second-order valence-corrected chi connectivity index (χ2v) is 3.88. The van der Waals surface area contributed by atoms with E-state index in [1.54, 1.807) is 0 Å². The minimum absolute atomic E-state index is 0. The third-order valence-electron chi connectivity index (χ3n) is 2.69. The second-order valence-electron chi connectivity index (χ2n) is 3.88. The maximum atomic E-state index is 8.71. The summed E-state index contributed by atoms with van der Waals surface area (Å²) in [5, 5.41) is 14.6. The van der Waals surface area contributed by atoms with E-state index < -0.39 is 0 Å². The zero-order valence-corrected chi connectivity index (χ0v) is 10.5. The Morgan fingerprint density at radius 1 is 0.941 bits per heavy atom. The highest BCUT2D eigenvalue weighted by Gasteiger charge is 1.98. The molecule has 0 aromatic heterocycles. The van der Waals surface area contributed by atoms with Crippen LogP contribution < -0.4 is 5.32 Å². The van der Waals surface area contributed by atoms with Crippen LogP contribution in [0.15, 0.2) is 42.5 Å².